The first-order valence-electron chi connectivity index (χ1n) is 6.50. The smallest absolute Gasteiger partial charge is 0.241 e. The van der Waals surface area contributed by atoms with Crippen LogP contribution in [0.15, 0.2) is 0 Å². The standard InChI is InChI=1S/C13H19N3O/c1-13(2)3-4-15-11(13)12(17)16-9(7-14)5-8-6-10(8)16/h8-11,15H,3-6H2,1-2H3/t8-,9?,10+,11-/m1/s1. The molecule has 92 valence electrons. The van der Waals surface area contributed by atoms with Gasteiger partial charge in [0.1, 0.15) is 6.04 Å². The highest BCUT2D eigenvalue weighted by Gasteiger charge is 2.56. The predicted octanol–water partition coefficient (Wildman–Crippen LogP) is 0.887. The number of rotatable bonds is 1. The van der Waals surface area contributed by atoms with Crippen LogP contribution >= 0.6 is 0 Å². The molecule has 0 bridgehead atoms. The van der Waals surface area contributed by atoms with Crippen LogP contribution in [0.3, 0.4) is 0 Å². The molecule has 0 spiro atoms. The van der Waals surface area contributed by atoms with E-state index in [0.29, 0.717) is 12.0 Å². The highest BCUT2D eigenvalue weighted by atomic mass is 16.2. The largest absolute Gasteiger partial charge is 0.322 e. The van der Waals surface area contributed by atoms with Crippen LogP contribution in [0.4, 0.5) is 0 Å². The van der Waals surface area contributed by atoms with Gasteiger partial charge in [0, 0.05) is 6.04 Å². The second-order valence-electron chi connectivity index (χ2n) is 6.31. The molecule has 1 aliphatic carbocycles. The van der Waals surface area contributed by atoms with Crippen molar-refractivity contribution in [3.8, 4) is 6.07 Å². The predicted molar refractivity (Wildman–Crippen MR) is 62.9 cm³/mol. The van der Waals surface area contributed by atoms with Gasteiger partial charge in [0.25, 0.3) is 0 Å². The Balaban J connectivity index is 1.80. The number of nitrogens with zero attached hydrogens (tertiary/aromatic N) is 2. The number of hydrogen-bond acceptors (Lipinski definition) is 3. The molecule has 2 aliphatic heterocycles. The summed E-state index contributed by atoms with van der Waals surface area (Å²) in [6.45, 7) is 5.18. The summed E-state index contributed by atoms with van der Waals surface area (Å²) in [6.07, 6.45) is 3.03. The highest BCUT2D eigenvalue weighted by Crippen LogP contribution is 2.48. The number of likely N-dealkylation sites (tertiary alicyclic amines) is 1. The van der Waals surface area contributed by atoms with E-state index in [0.717, 1.165) is 25.8 Å². The Morgan fingerprint density at radius 2 is 2.24 bits per heavy atom. The zero-order valence-corrected chi connectivity index (χ0v) is 10.4. The molecule has 2 saturated heterocycles. The quantitative estimate of drug-likeness (QED) is 0.731. The SMILES string of the molecule is CC1(C)CCN[C@@H]1C(=O)N1C(C#N)C[C@@H]2C[C@@H]21. The number of piperidine rings is 1. The Hall–Kier alpha value is -1.08. The Morgan fingerprint density at radius 3 is 2.82 bits per heavy atom. The number of amides is 1. The van der Waals surface area contributed by atoms with Gasteiger partial charge >= 0.3 is 0 Å². The first kappa shape index (κ1) is 11.0. The minimum Gasteiger partial charge on any atom is -0.322 e. The lowest BCUT2D eigenvalue weighted by Crippen LogP contribution is -2.51. The van der Waals surface area contributed by atoms with E-state index in [-0.39, 0.29) is 23.4 Å². The van der Waals surface area contributed by atoms with E-state index < -0.39 is 0 Å². The van der Waals surface area contributed by atoms with E-state index in [9.17, 15) is 4.79 Å². The molecule has 4 heteroatoms. The van der Waals surface area contributed by atoms with Gasteiger partial charge in [0.2, 0.25) is 5.91 Å². The minimum atomic E-state index is -0.176. The van der Waals surface area contributed by atoms with Gasteiger partial charge < -0.3 is 10.2 Å². The first-order valence-corrected chi connectivity index (χ1v) is 6.50. The molecule has 0 radical (unpaired) electrons. The zero-order chi connectivity index (χ0) is 12.2. The maximum atomic E-state index is 12.6. The maximum Gasteiger partial charge on any atom is 0.241 e. The van der Waals surface area contributed by atoms with Gasteiger partial charge in [-0.25, -0.2) is 0 Å². The van der Waals surface area contributed by atoms with Crippen molar-refractivity contribution in [1.82, 2.24) is 10.2 Å². The van der Waals surface area contributed by atoms with Gasteiger partial charge in [-0.3, -0.25) is 4.79 Å². The Bertz CT molecular complexity index is 398. The number of carbonyl (C=O) groups is 1. The van der Waals surface area contributed by atoms with E-state index in [1.165, 1.54) is 0 Å². The number of nitrogens with one attached hydrogen (secondary N) is 1. The molecule has 3 fully saturated rings. The summed E-state index contributed by atoms with van der Waals surface area (Å²) in [4.78, 5) is 14.5. The molecule has 3 rings (SSSR count). The van der Waals surface area contributed by atoms with E-state index in [4.69, 9.17) is 5.26 Å². The van der Waals surface area contributed by atoms with E-state index in [1.54, 1.807) is 0 Å². The van der Waals surface area contributed by atoms with E-state index >= 15 is 0 Å². The molecule has 17 heavy (non-hydrogen) atoms. The molecule has 0 aromatic rings. The fraction of sp³-hybridized carbons (Fsp3) is 0.846. The lowest BCUT2D eigenvalue weighted by molar-refractivity contribution is -0.136. The molecular formula is C13H19N3O. The van der Waals surface area contributed by atoms with Crippen molar-refractivity contribution >= 4 is 5.91 Å². The second-order valence-corrected chi connectivity index (χ2v) is 6.31. The van der Waals surface area contributed by atoms with Crippen LogP contribution in [0.25, 0.3) is 0 Å². The number of fused-ring (bicyclic) bond motifs is 1. The third kappa shape index (κ3) is 1.56. The van der Waals surface area contributed by atoms with Crippen LogP contribution in [-0.2, 0) is 4.79 Å². The topological polar surface area (TPSA) is 56.1 Å². The molecule has 4 nitrogen and oxygen atoms in total. The normalized spacial score (nSPS) is 42.1. The highest BCUT2D eigenvalue weighted by molar-refractivity contribution is 5.85. The Labute approximate surface area is 102 Å². The van der Waals surface area contributed by atoms with Gasteiger partial charge in [-0.05, 0) is 37.1 Å². The molecule has 1 unspecified atom stereocenters. The molecule has 3 aliphatic rings. The van der Waals surface area contributed by atoms with Gasteiger partial charge in [0.15, 0.2) is 0 Å². The molecule has 1 amide bonds. The zero-order valence-electron chi connectivity index (χ0n) is 10.4. The van der Waals surface area contributed by atoms with E-state index in [2.05, 4.69) is 25.2 Å². The average molecular weight is 233 g/mol. The summed E-state index contributed by atoms with van der Waals surface area (Å²) in [5, 5.41) is 12.4. The number of hydrogen-bond donors (Lipinski definition) is 1. The molecule has 1 N–H and O–H groups in total. The van der Waals surface area contributed by atoms with Crippen LogP contribution in [-0.4, -0.2) is 35.5 Å². The summed E-state index contributed by atoms with van der Waals surface area (Å²) in [7, 11) is 0. The molecule has 0 aromatic carbocycles. The van der Waals surface area contributed by atoms with Crippen LogP contribution in [0.2, 0.25) is 0 Å². The van der Waals surface area contributed by atoms with Crippen LogP contribution in [0, 0.1) is 22.7 Å². The Morgan fingerprint density at radius 1 is 1.47 bits per heavy atom. The fourth-order valence-corrected chi connectivity index (χ4v) is 3.42. The van der Waals surface area contributed by atoms with Gasteiger partial charge in [-0.2, -0.15) is 5.26 Å². The third-order valence-electron chi connectivity index (χ3n) is 4.65. The van der Waals surface area contributed by atoms with Crippen molar-refractivity contribution < 1.29 is 4.79 Å². The molecular weight excluding hydrogens is 214 g/mol. The van der Waals surface area contributed by atoms with Gasteiger partial charge in [0.05, 0.1) is 12.1 Å². The Kier molecular flexibility index (Phi) is 2.24. The van der Waals surface area contributed by atoms with Gasteiger partial charge in [-0.1, -0.05) is 13.8 Å². The van der Waals surface area contributed by atoms with Crippen molar-refractivity contribution in [2.75, 3.05) is 6.54 Å². The summed E-state index contributed by atoms with van der Waals surface area (Å²) >= 11 is 0. The van der Waals surface area contributed by atoms with Crippen molar-refractivity contribution in [2.24, 2.45) is 11.3 Å². The van der Waals surface area contributed by atoms with Crippen molar-refractivity contribution in [1.29, 1.82) is 5.26 Å². The molecule has 0 aromatic heterocycles. The summed E-state index contributed by atoms with van der Waals surface area (Å²) < 4.78 is 0. The third-order valence-corrected chi connectivity index (χ3v) is 4.65. The lowest BCUT2D eigenvalue weighted by Gasteiger charge is -2.32. The van der Waals surface area contributed by atoms with Gasteiger partial charge in [-0.15, -0.1) is 0 Å². The van der Waals surface area contributed by atoms with Crippen molar-refractivity contribution in [2.45, 2.75) is 51.2 Å². The monoisotopic (exact) mass is 233 g/mol. The van der Waals surface area contributed by atoms with Crippen molar-refractivity contribution in [3.63, 3.8) is 0 Å². The first-order chi connectivity index (χ1) is 8.04. The van der Waals surface area contributed by atoms with Crippen LogP contribution < -0.4 is 5.32 Å². The fourth-order valence-electron chi connectivity index (χ4n) is 3.42. The molecule has 4 atom stereocenters. The lowest BCUT2D eigenvalue weighted by atomic mass is 9.84. The van der Waals surface area contributed by atoms with Crippen LogP contribution in [0.1, 0.15) is 33.1 Å². The maximum absolute atomic E-state index is 12.6. The number of nitriles is 1. The average Bonchev–Trinajstić information content (AvgIpc) is 2.79. The summed E-state index contributed by atoms with van der Waals surface area (Å²) in [5.41, 5.74) is 0.0179. The number of carbonyl (C=O) groups excluding carboxylic acids is 1. The van der Waals surface area contributed by atoms with Crippen molar-refractivity contribution in [3.05, 3.63) is 0 Å². The minimum absolute atomic E-state index is 0.0179. The molecule has 1 saturated carbocycles. The van der Waals surface area contributed by atoms with Crippen LogP contribution in [0.5, 0.6) is 0 Å². The second kappa shape index (κ2) is 3.46. The summed E-state index contributed by atoms with van der Waals surface area (Å²) in [5.74, 6) is 0.761. The van der Waals surface area contributed by atoms with E-state index in [1.807, 2.05) is 4.90 Å². The molecule has 2 heterocycles. The summed E-state index contributed by atoms with van der Waals surface area (Å²) in [6, 6.07) is 2.37.